The summed E-state index contributed by atoms with van der Waals surface area (Å²) in [5.74, 6) is 0. The summed E-state index contributed by atoms with van der Waals surface area (Å²) in [4.78, 5) is 0. The molecule has 0 spiro atoms. The van der Waals surface area contributed by atoms with E-state index in [1.807, 2.05) is 0 Å². The van der Waals surface area contributed by atoms with Crippen LogP contribution in [0, 0.1) is 0 Å². The zero-order chi connectivity index (χ0) is 7.33. The molecule has 0 N–H and O–H groups in total. The van der Waals surface area contributed by atoms with E-state index in [-0.39, 0.29) is 25.0 Å². The smallest absolute Gasteiger partial charge is 0.190 e. The van der Waals surface area contributed by atoms with E-state index >= 15 is 0 Å². The fourth-order valence-electron chi connectivity index (χ4n) is 1.01. The van der Waals surface area contributed by atoms with Gasteiger partial charge < -0.3 is 0 Å². The Morgan fingerprint density at radius 3 is 1.80 bits per heavy atom. The van der Waals surface area contributed by atoms with Crippen LogP contribution in [0.3, 0.4) is 0 Å². The van der Waals surface area contributed by atoms with Gasteiger partial charge in [0.2, 0.25) is 0 Å². The molecule has 0 aromatic rings. The van der Waals surface area contributed by atoms with Crippen molar-refractivity contribution < 1.29 is 18.9 Å². The third kappa shape index (κ3) is 11.5. The van der Waals surface area contributed by atoms with E-state index in [2.05, 4.69) is 27.4 Å². The van der Waals surface area contributed by atoms with Crippen LogP contribution in [0.2, 0.25) is 26.8 Å². The topological polar surface area (TPSA) is 0 Å². The minimum Gasteiger partial charge on any atom is -0.190 e. The number of rotatable bonds is 4. The minimum atomic E-state index is -0.00958. The Morgan fingerprint density at radius 2 is 1.50 bits per heavy atom. The average molecular weight is 134 g/mol. The van der Waals surface area contributed by atoms with Gasteiger partial charge >= 0.3 is 18.9 Å². The third-order valence-corrected chi connectivity index (χ3v) is 1.67. The van der Waals surface area contributed by atoms with Gasteiger partial charge in [-0.3, -0.25) is 0 Å². The van der Waals surface area contributed by atoms with E-state index in [0.717, 1.165) is 0 Å². The maximum Gasteiger partial charge on any atom is 1.00 e. The van der Waals surface area contributed by atoms with Crippen LogP contribution < -0.4 is 18.9 Å². The first-order valence-corrected chi connectivity index (χ1v) is 4.35. The molecule has 0 atom stereocenters. The van der Waals surface area contributed by atoms with E-state index in [1.165, 1.54) is 25.6 Å². The Hall–Kier alpha value is 0.662. The Balaban J connectivity index is 0. The van der Waals surface area contributed by atoms with Gasteiger partial charge in [0.15, 0.2) is 0 Å². The summed E-state index contributed by atoms with van der Waals surface area (Å²) in [6.45, 7) is 9.37. The SMILES string of the molecule is CCCCC[B-](C)(C)C.[Li+]. The molecule has 0 rings (SSSR count). The standard InChI is InChI=1S/C8H20B.Li/c1-5-6-7-8-9(2,3)4;/h5-8H2,1-4H3;/q-1;+1. The molecule has 0 nitrogen and oxygen atoms in total. The van der Waals surface area contributed by atoms with Gasteiger partial charge in [0, 0.05) is 0 Å². The molecule has 0 unspecified atom stereocenters. The maximum absolute atomic E-state index is 2.37. The molecule has 0 aliphatic carbocycles. The van der Waals surface area contributed by atoms with Gasteiger partial charge in [-0.15, -0.1) is 0 Å². The van der Waals surface area contributed by atoms with Crippen LogP contribution in [0.4, 0.5) is 0 Å². The molecule has 0 aliphatic rings. The van der Waals surface area contributed by atoms with Crippen molar-refractivity contribution >= 4 is 6.15 Å². The van der Waals surface area contributed by atoms with Crippen molar-refractivity contribution in [3.8, 4) is 0 Å². The van der Waals surface area contributed by atoms with Gasteiger partial charge in [-0.1, -0.05) is 26.2 Å². The zero-order valence-electron chi connectivity index (χ0n) is 8.41. The van der Waals surface area contributed by atoms with E-state index in [9.17, 15) is 0 Å². The molecule has 0 amide bonds. The van der Waals surface area contributed by atoms with Crippen molar-refractivity contribution in [2.45, 2.75) is 53.0 Å². The predicted molar refractivity (Wildman–Crippen MR) is 47.7 cm³/mol. The normalized spacial score (nSPS) is 10.8. The molecule has 0 saturated heterocycles. The molecule has 0 fully saturated rings. The first-order valence-electron chi connectivity index (χ1n) is 4.35. The van der Waals surface area contributed by atoms with Crippen molar-refractivity contribution in [2.75, 3.05) is 0 Å². The first kappa shape index (κ1) is 13.3. The predicted octanol–water partition coefficient (Wildman–Crippen LogP) is 0.519. The molecule has 0 saturated carbocycles. The number of unbranched alkanes of at least 4 members (excludes halogenated alkanes) is 2. The quantitative estimate of drug-likeness (QED) is 0.388. The van der Waals surface area contributed by atoms with Crippen molar-refractivity contribution in [2.24, 2.45) is 0 Å². The summed E-state index contributed by atoms with van der Waals surface area (Å²) in [7, 11) is 0. The molecule has 0 aromatic carbocycles. The molecule has 56 valence electrons. The van der Waals surface area contributed by atoms with Gasteiger partial charge in [-0.05, 0) is 6.15 Å². The zero-order valence-corrected chi connectivity index (χ0v) is 8.41. The fourth-order valence-corrected chi connectivity index (χ4v) is 1.01. The van der Waals surface area contributed by atoms with Crippen LogP contribution in [-0.4, -0.2) is 6.15 Å². The maximum atomic E-state index is 2.37. The van der Waals surface area contributed by atoms with Crippen LogP contribution in [0.1, 0.15) is 26.2 Å². The largest absolute Gasteiger partial charge is 1.00 e. The molecule has 0 aliphatic heterocycles. The molecule has 0 radical (unpaired) electrons. The second-order valence-corrected chi connectivity index (χ2v) is 4.45. The molecular formula is C8H20BLi. The van der Waals surface area contributed by atoms with Gasteiger partial charge in [-0.2, -0.15) is 26.8 Å². The molecule has 0 aromatic heterocycles. The Bertz CT molecular complexity index is 66.1. The minimum absolute atomic E-state index is 0. The van der Waals surface area contributed by atoms with Crippen LogP contribution in [0.5, 0.6) is 0 Å². The molecule has 2 heteroatoms. The van der Waals surface area contributed by atoms with Gasteiger partial charge in [0.25, 0.3) is 0 Å². The van der Waals surface area contributed by atoms with Crippen molar-refractivity contribution in [3.63, 3.8) is 0 Å². The van der Waals surface area contributed by atoms with Crippen molar-refractivity contribution in [1.82, 2.24) is 0 Å². The van der Waals surface area contributed by atoms with Crippen LogP contribution in [0.15, 0.2) is 0 Å². The monoisotopic (exact) mass is 134 g/mol. The molecular weight excluding hydrogens is 114 g/mol. The number of hydrogen-bond acceptors (Lipinski definition) is 0. The first-order chi connectivity index (χ1) is 4.06. The summed E-state index contributed by atoms with van der Waals surface area (Å²) < 4.78 is 0. The summed E-state index contributed by atoms with van der Waals surface area (Å²) in [5, 5.41) is 0. The van der Waals surface area contributed by atoms with E-state index in [0.29, 0.717) is 0 Å². The summed E-state index contributed by atoms with van der Waals surface area (Å²) in [6.07, 6.45) is 5.63. The Labute approximate surface area is 78.2 Å². The fraction of sp³-hybridized carbons (Fsp3) is 1.00. The summed E-state index contributed by atoms with van der Waals surface area (Å²) >= 11 is 0. The van der Waals surface area contributed by atoms with Crippen LogP contribution >= 0.6 is 0 Å². The average Bonchev–Trinajstić information content (AvgIpc) is 1.63. The van der Waals surface area contributed by atoms with Gasteiger partial charge in [-0.25, -0.2) is 0 Å². The second-order valence-electron chi connectivity index (χ2n) is 4.45. The van der Waals surface area contributed by atoms with Crippen LogP contribution in [-0.2, 0) is 0 Å². The Kier molecular flexibility index (Phi) is 8.46. The molecule has 10 heavy (non-hydrogen) atoms. The summed E-state index contributed by atoms with van der Waals surface area (Å²) in [5.41, 5.74) is 0. The summed E-state index contributed by atoms with van der Waals surface area (Å²) in [6, 6.07) is 0. The third-order valence-electron chi connectivity index (χ3n) is 1.67. The molecule has 0 heterocycles. The van der Waals surface area contributed by atoms with Crippen molar-refractivity contribution in [1.29, 1.82) is 0 Å². The van der Waals surface area contributed by atoms with Crippen molar-refractivity contribution in [3.05, 3.63) is 0 Å². The van der Waals surface area contributed by atoms with Crippen LogP contribution in [0.25, 0.3) is 0 Å². The second kappa shape index (κ2) is 6.38. The van der Waals surface area contributed by atoms with Gasteiger partial charge in [0.1, 0.15) is 0 Å². The number of hydrogen-bond donors (Lipinski definition) is 0. The Morgan fingerprint density at radius 1 is 1.00 bits per heavy atom. The van der Waals surface area contributed by atoms with Gasteiger partial charge in [0.05, 0.1) is 0 Å². The van der Waals surface area contributed by atoms with E-state index in [4.69, 9.17) is 0 Å². The molecule has 0 bridgehead atoms. The van der Waals surface area contributed by atoms with E-state index < -0.39 is 0 Å². The van der Waals surface area contributed by atoms with E-state index in [1.54, 1.807) is 0 Å².